The van der Waals surface area contributed by atoms with Gasteiger partial charge in [-0.3, -0.25) is 14.6 Å². The first-order valence-corrected chi connectivity index (χ1v) is 11.2. The molecule has 7 nitrogen and oxygen atoms in total. The summed E-state index contributed by atoms with van der Waals surface area (Å²) in [6.07, 6.45) is 5.85. The lowest BCUT2D eigenvalue weighted by atomic mass is 9.96. The van der Waals surface area contributed by atoms with Gasteiger partial charge in [0.2, 0.25) is 0 Å². The quantitative estimate of drug-likeness (QED) is 0.455. The summed E-state index contributed by atoms with van der Waals surface area (Å²) in [5.74, 6) is -0.837. The Morgan fingerprint density at radius 1 is 0.912 bits per heavy atom. The van der Waals surface area contributed by atoms with E-state index in [0.717, 1.165) is 18.8 Å². The molecule has 0 aliphatic carbocycles. The van der Waals surface area contributed by atoms with Gasteiger partial charge in [0.25, 0.3) is 5.91 Å². The zero-order chi connectivity index (χ0) is 23.5. The molecular formula is C27H24N4O3. The third-order valence-corrected chi connectivity index (χ3v) is 6.24. The Morgan fingerprint density at radius 2 is 1.68 bits per heavy atom. The number of amides is 1. The topological polar surface area (TPSA) is 98.4 Å². The second-order valence-electron chi connectivity index (χ2n) is 8.36. The summed E-state index contributed by atoms with van der Waals surface area (Å²) in [5, 5.41) is 1.05. The zero-order valence-corrected chi connectivity index (χ0v) is 18.6. The van der Waals surface area contributed by atoms with Crippen LogP contribution in [0.25, 0.3) is 21.9 Å². The van der Waals surface area contributed by atoms with Gasteiger partial charge in [0.15, 0.2) is 5.75 Å². The SMILES string of the molecule is NC(=O)c1ncc(OC(=O)C2CCN(c3cccc(-c4ccccc4)c3)CC2)c2ccncc12. The summed E-state index contributed by atoms with van der Waals surface area (Å²) in [4.78, 5) is 35.0. The Kier molecular flexibility index (Phi) is 5.91. The normalized spacial score (nSPS) is 14.2. The summed E-state index contributed by atoms with van der Waals surface area (Å²) < 4.78 is 5.72. The maximum Gasteiger partial charge on any atom is 0.314 e. The smallest absolute Gasteiger partial charge is 0.314 e. The molecule has 1 fully saturated rings. The molecule has 5 rings (SSSR count). The number of esters is 1. The van der Waals surface area contributed by atoms with Crippen LogP contribution < -0.4 is 15.4 Å². The summed E-state index contributed by atoms with van der Waals surface area (Å²) >= 11 is 0. The molecule has 2 aromatic heterocycles. The van der Waals surface area contributed by atoms with Gasteiger partial charge in [-0.25, -0.2) is 4.98 Å². The predicted molar refractivity (Wildman–Crippen MR) is 131 cm³/mol. The highest BCUT2D eigenvalue weighted by Crippen LogP contribution is 2.30. The summed E-state index contributed by atoms with van der Waals surface area (Å²) in [6, 6.07) is 20.5. The summed E-state index contributed by atoms with van der Waals surface area (Å²) in [6.45, 7) is 1.53. The number of hydrogen-bond acceptors (Lipinski definition) is 6. The fraction of sp³-hybridized carbons (Fsp3) is 0.185. The van der Waals surface area contributed by atoms with E-state index in [0.29, 0.717) is 29.4 Å². The number of piperidine rings is 1. The van der Waals surface area contributed by atoms with E-state index in [9.17, 15) is 9.59 Å². The number of carbonyl (C=O) groups excluding carboxylic acids is 2. The van der Waals surface area contributed by atoms with Crippen molar-refractivity contribution in [3.05, 3.63) is 84.9 Å². The zero-order valence-electron chi connectivity index (χ0n) is 18.6. The first kappa shape index (κ1) is 21.6. The van der Waals surface area contributed by atoms with Crippen molar-refractivity contribution in [1.82, 2.24) is 9.97 Å². The number of nitrogens with two attached hydrogens (primary N) is 1. The van der Waals surface area contributed by atoms with Gasteiger partial charge in [-0.2, -0.15) is 0 Å². The number of benzene rings is 2. The van der Waals surface area contributed by atoms with Crippen molar-refractivity contribution in [2.45, 2.75) is 12.8 Å². The molecule has 34 heavy (non-hydrogen) atoms. The molecule has 0 atom stereocenters. The van der Waals surface area contributed by atoms with Gasteiger partial charge >= 0.3 is 5.97 Å². The molecule has 0 radical (unpaired) electrons. The molecule has 4 aromatic rings. The number of hydrogen-bond donors (Lipinski definition) is 1. The van der Waals surface area contributed by atoms with Crippen LogP contribution in [0.15, 0.2) is 79.3 Å². The van der Waals surface area contributed by atoms with E-state index >= 15 is 0 Å². The molecular weight excluding hydrogens is 428 g/mol. The third-order valence-electron chi connectivity index (χ3n) is 6.24. The Bertz CT molecular complexity index is 1350. The van der Waals surface area contributed by atoms with E-state index < -0.39 is 5.91 Å². The van der Waals surface area contributed by atoms with Crippen molar-refractivity contribution < 1.29 is 14.3 Å². The van der Waals surface area contributed by atoms with Crippen LogP contribution in [0.4, 0.5) is 5.69 Å². The van der Waals surface area contributed by atoms with Crippen LogP contribution in [0.2, 0.25) is 0 Å². The lowest BCUT2D eigenvalue weighted by Gasteiger charge is -2.32. The molecule has 7 heteroatoms. The molecule has 1 amide bonds. The Labute approximate surface area is 197 Å². The Hall–Kier alpha value is -4.26. The molecule has 1 aliphatic heterocycles. The highest BCUT2D eigenvalue weighted by molar-refractivity contribution is 6.06. The molecule has 0 spiro atoms. The van der Waals surface area contributed by atoms with Crippen molar-refractivity contribution in [3.63, 3.8) is 0 Å². The average molecular weight is 453 g/mol. The van der Waals surface area contributed by atoms with Gasteiger partial charge in [0.05, 0.1) is 12.1 Å². The number of aromatic nitrogens is 2. The van der Waals surface area contributed by atoms with Crippen molar-refractivity contribution in [1.29, 1.82) is 0 Å². The predicted octanol–water partition coefficient (Wildman–Crippen LogP) is 4.22. The van der Waals surface area contributed by atoms with E-state index in [1.807, 2.05) is 18.2 Å². The fourth-order valence-corrected chi connectivity index (χ4v) is 4.42. The summed E-state index contributed by atoms with van der Waals surface area (Å²) in [7, 11) is 0. The number of ether oxygens (including phenoxy) is 1. The molecule has 0 unspecified atom stereocenters. The lowest BCUT2D eigenvalue weighted by molar-refractivity contribution is -0.139. The maximum absolute atomic E-state index is 12.9. The number of primary amides is 1. The number of pyridine rings is 2. The number of carbonyl (C=O) groups is 2. The van der Waals surface area contributed by atoms with Gasteiger partial charge in [-0.1, -0.05) is 42.5 Å². The van der Waals surface area contributed by atoms with Gasteiger partial charge in [-0.05, 0) is 42.2 Å². The molecule has 2 aromatic carbocycles. The van der Waals surface area contributed by atoms with E-state index in [1.165, 1.54) is 23.5 Å². The van der Waals surface area contributed by atoms with Gasteiger partial charge in [0, 0.05) is 41.9 Å². The van der Waals surface area contributed by atoms with E-state index in [2.05, 4.69) is 51.3 Å². The molecule has 1 saturated heterocycles. The maximum atomic E-state index is 12.9. The minimum absolute atomic E-state index is 0.106. The number of fused-ring (bicyclic) bond motifs is 1. The largest absolute Gasteiger partial charge is 0.424 e. The first-order valence-electron chi connectivity index (χ1n) is 11.2. The second kappa shape index (κ2) is 9.31. The second-order valence-corrected chi connectivity index (χ2v) is 8.36. The molecule has 1 aliphatic rings. The highest BCUT2D eigenvalue weighted by atomic mass is 16.5. The minimum Gasteiger partial charge on any atom is -0.424 e. The van der Waals surface area contributed by atoms with Crippen molar-refractivity contribution in [3.8, 4) is 16.9 Å². The van der Waals surface area contributed by atoms with Crippen molar-refractivity contribution in [2.75, 3.05) is 18.0 Å². The van der Waals surface area contributed by atoms with Gasteiger partial charge < -0.3 is 15.4 Å². The molecule has 2 N–H and O–H groups in total. The molecule has 0 saturated carbocycles. The molecule has 0 bridgehead atoms. The van der Waals surface area contributed by atoms with Crippen LogP contribution in [0.5, 0.6) is 5.75 Å². The highest BCUT2D eigenvalue weighted by Gasteiger charge is 2.27. The minimum atomic E-state index is -0.653. The average Bonchev–Trinajstić information content (AvgIpc) is 2.89. The Balaban J connectivity index is 1.27. The first-order chi connectivity index (χ1) is 16.6. The van der Waals surface area contributed by atoms with Gasteiger partial charge in [-0.15, -0.1) is 0 Å². The number of nitrogens with zero attached hydrogens (tertiary/aromatic N) is 3. The Morgan fingerprint density at radius 3 is 2.44 bits per heavy atom. The van der Waals surface area contributed by atoms with Crippen LogP contribution in [-0.2, 0) is 4.79 Å². The lowest BCUT2D eigenvalue weighted by Crippen LogP contribution is -2.37. The third kappa shape index (κ3) is 4.32. The van der Waals surface area contributed by atoms with Crippen LogP contribution in [0, 0.1) is 5.92 Å². The fourth-order valence-electron chi connectivity index (χ4n) is 4.42. The summed E-state index contributed by atoms with van der Waals surface area (Å²) in [5.41, 5.74) is 9.02. The van der Waals surface area contributed by atoms with Crippen LogP contribution >= 0.6 is 0 Å². The molecule has 170 valence electrons. The monoisotopic (exact) mass is 452 g/mol. The van der Waals surface area contributed by atoms with Crippen molar-refractivity contribution in [2.24, 2.45) is 11.7 Å². The number of rotatable bonds is 5. The van der Waals surface area contributed by atoms with Crippen LogP contribution in [0.3, 0.4) is 0 Å². The van der Waals surface area contributed by atoms with E-state index in [4.69, 9.17) is 10.5 Å². The van der Waals surface area contributed by atoms with Crippen molar-refractivity contribution >= 4 is 28.3 Å². The van der Waals surface area contributed by atoms with Crippen LogP contribution in [-0.4, -0.2) is 34.9 Å². The molecule has 3 heterocycles. The van der Waals surface area contributed by atoms with E-state index in [1.54, 1.807) is 12.3 Å². The van der Waals surface area contributed by atoms with E-state index in [-0.39, 0.29) is 17.6 Å². The van der Waals surface area contributed by atoms with Gasteiger partial charge in [0.1, 0.15) is 5.69 Å². The standard InChI is InChI=1S/C27H24N4O3/c28-26(32)25-23-16-29-12-9-22(23)24(17-30-25)34-27(33)19-10-13-31(14-11-19)21-8-4-7-20(15-21)18-5-2-1-3-6-18/h1-9,12,15-17,19H,10-11,13-14H2,(H2,28,32). The van der Waals surface area contributed by atoms with Crippen LogP contribution in [0.1, 0.15) is 23.3 Å². The number of anilines is 1.